The van der Waals surface area contributed by atoms with Crippen LogP contribution in [0.25, 0.3) is 21.7 Å². The van der Waals surface area contributed by atoms with Crippen LogP contribution in [0, 0.1) is 11.6 Å². The molecule has 2 aromatic heterocycles. The highest BCUT2D eigenvalue weighted by Crippen LogP contribution is 2.29. The molecule has 6 heteroatoms. The van der Waals surface area contributed by atoms with Gasteiger partial charge in [0.25, 0.3) is 0 Å². The predicted octanol–water partition coefficient (Wildman–Crippen LogP) is 3.78. The van der Waals surface area contributed by atoms with Crippen molar-refractivity contribution >= 4 is 22.4 Å². The van der Waals surface area contributed by atoms with Crippen molar-refractivity contribution < 1.29 is 8.78 Å². The van der Waals surface area contributed by atoms with E-state index < -0.39 is 11.6 Å². The van der Waals surface area contributed by atoms with E-state index in [2.05, 4.69) is 4.98 Å². The Bertz CT molecular complexity index is 750. The lowest BCUT2D eigenvalue weighted by Gasteiger charge is -2.07. The van der Waals surface area contributed by atoms with Gasteiger partial charge in [0, 0.05) is 18.7 Å². The van der Waals surface area contributed by atoms with E-state index in [1.165, 1.54) is 6.07 Å². The van der Waals surface area contributed by atoms with Gasteiger partial charge in [0.2, 0.25) is 0 Å². The summed E-state index contributed by atoms with van der Waals surface area (Å²) in [5, 5.41) is 1.96. The van der Waals surface area contributed by atoms with Crippen molar-refractivity contribution in [3.8, 4) is 10.7 Å². The Morgan fingerprint density at radius 2 is 2.00 bits per heavy atom. The molecule has 0 saturated carbocycles. The third-order valence-electron chi connectivity index (χ3n) is 3.37. The molecule has 3 nitrogen and oxygen atoms in total. The van der Waals surface area contributed by atoms with E-state index in [4.69, 9.17) is 5.73 Å². The summed E-state index contributed by atoms with van der Waals surface area (Å²) in [6.45, 7) is 1.30. The molecular weight excluding hydrogens is 292 g/mol. The average Bonchev–Trinajstić information content (AvgIpc) is 3.09. The van der Waals surface area contributed by atoms with Crippen molar-refractivity contribution in [2.75, 3.05) is 6.54 Å². The molecule has 0 aliphatic heterocycles. The molecule has 0 fully saturated rings. The van der Waals surface area contributed by atoms with Crippen LogP contribution in [0.5, 0.6) is 0 Å². The van der Waals surface area contributed by atoms with E-state index in [1.807, 2.05) is 22.1 Å². The van der Waals surface area contributed by atoms with E-state index in [0.29, 0.717) is 24.1 Å². The SMILES string of the molecule is NCCCCn1c(-c2cccs2)nc2cc(F)c(F)cc21. The van der Waals surface area contributed by atoms with Gasteiger partial charge in [-0.3, -0.25) is 0 Å². The monoisotopic (exact) mass is 307 g/mol. The van der Waals surface area contributed by atoms with Gasteiger partial charge in [0.1, 0.15) is 0 Å². The third-order valence-corrected chi connectivity index (χ3v) is 4.23. The molecule has 0 aliphatic carbocycles. The zero-order chi connectivity index (χ0) is 14.8. The van der Waals surface area contributed by atoms with Gasteiger partial charge >= 0.3 is 0 Å². The number of thiophene rings is 1. The molecule has 21 heavy (non-hydrogen) atoms. The smallest absolute Gasteiger partial charge is 0.161 e. The van der Waals surface area contributed by atoms with Gasteiger partial charge in [-0.1, -0.05) is 6.07 Å². The van der Waals surface area contributed by atoms with Crippen LogP contribution >= 0.6 is 11.3 Å². The molecule has 0 saturated heterocycles. The third kappa shape index (κ3) is 2.69. The number of hydrogen-bond acceptors (Lipinski definition) is 3. The molecule has 2 heterocycles. The fraction of sp³-hybridized carbons (Fsp3) is 0.267. The van der Waals surface area contributed by atoms with Crippen LogP contribution in [0.15, 0.2) is 29.6 Å². The first-order valence-electron chi connectivity index (χ1n) is 6.80. The number of aromatic nitrogens is 2. The van der Waals surface area contributed by atoms with E-state index in [9.17, 15) is 8.78 Å². The van der Waals surface area contributed by atoms with Gasteiger partial charge in [-0.05, 0) is 30.8 Å². The number of imidazole rings is 1. The number of nitrogens with zero attached hydrogens (tertiary/aromatic N) is 2. The van der Waals surface area contributed by atoms with E-state index in [0.717, 1.165) is 29.6 Å². The number of nitrogens with two attached hydrogens (primary N) is 1. The Morgan fingerprint density at radius 3 is 2.71 bits per heavy atom. The first-order chi connectivity index (χ1) is 10.2. The lowest BCUT2D eigenvalue weighted by Crippen LogP contribution is -2.04. The second-order valence-corrected chi connectivity index (χ2v) is 5.76. The molecule has 110 valence electrons. The summed E-state index contributed by atoms with van der Waals surface area (Å²) in [5.74, 6) is -0.964. The molecule has 3 rings (SSSR count). The molecule has 0 amide bonds. The Hall–Kier alpha value is -1.79. The topological polar surface area (TPSA) is 43.8 Å². The maximum Gasteiger partial charge on any atom is 0.161 e. The lowest BCUT2D eigenvalue weighted by molar-refractivity contribution is 0.510. The standard InChI is InChI=1S/C15H15F2N3S/c16-10-8-12-13(9-11(10)17)20(6-2-1-5-18)15(19-12)14-4-3-7-21-14/h3-4,7-9H,1-2,5-6,18H2. The Morgan fingerprint density at radius 1 is 1.19 bits per heavy atom. The molecular formula is C15H15F2N3S. The summed E-state index contributed by atoms with van der Waals surface area (Å²) < 4.78 is 28.9. The van der Waals surface area contributed by atoms with Gasteiger partial charge in [-0.25, -0.2) is 13.8 Å². The van der Waals surface area contributed by atoms with Crippen LogP contribution in [-0.4, -0.2) is 16.1 Å². The quantitative estimate of drug-likeness (QED) is 0.729. The fourth-order valence-corrected chi connectivity index (χ4v) is 3.08. The number of hydrogen-bond donors (Lipinski definition) is 1. The van der Waals surface area contributed by atoms with Crippen molar-refractivity contribution in [2.45, 2.75) is 19.4 Å². The summed E-state index contributed by atoms with van der Waals surface area (Å²) in [5.41, 5.74) is 6.62. The number of halogens is 2. The van der Waals surface area contributed by atoms with Gasteiger partial charge in [-0.2, -0.15) is 0 Å². The largest absolute Gasteiger partial charge is 0.330 e. The number of aryl methyl sites for hydroxylation is 1. The van der Waals surface area contributed by atoms with Gasteiger partial charge in [0.15, 0.2) is 17.5 Å². The minimum atomic E-state index is -0.869. The van der Waals surface area contributed by atoms with Crippen molar-refractivity contribution in [1.82, 2.24) is 9.55 Å². The molecule has 2 N–H and O–H groups in total. The molecule has 0 aliphatic rings. The Balaban J connectivity index is 2.13. The molecule has 0 bridgehead atoms. The minimum Gasteiger partial charge on any atom is -0.330 e. The summed E-state index contributed by atoms with van der Waals surface area (Å²) >= 11 is 1.56. The Labute approximate surface area is 125 Å². The number of fused-ring (bicyclic) bond motifs is 1. The summed E-state index contributed by atoms with van der Waals surface area (Å²) in [6, 6.07) is 6.27. The first-order valence-corrected chi connectivity index (χ1v) is 7.68. The zero-order valence-corrected chi connectivity index (χ0v) is 12.2. The summed E-state index contributed by atoms with van der Waals surface area (Å²) in [6.07, 6.45) is 1.76. The molecule has 1 aromatic carbocycles. The fourth-order valence-electron chi connectivity index (χ4n) is 2.35. The Kier molecular flexibility index (Phi) is 3.98. The van der Waals surface area contributed by atoms with Gasteiger partial charge < -0.3 is 10.3 Å². The van der Waals surface area contributed by atoms with E-state index in [-0.39, 0.29) is 0 Å². The predicted molar refractivity (Wildman–Crippen MR) is 81.3 cm³/mol. The van der Waals surface area contributed by atoms with Gasteiger partial charge in [0.05, 0.1) is 15.9 Å². The van der Waals surface area contributed by atoms with Crippen LogP contribution in [-0.2, 0) is 6.54 Å². The maximum absolute atomic E-state index is 13.5. The summed E-state index contributed by atoms with van der Waals surface area (Å²) in [4.78, 5) is 5.46. The van der Waals surface area contributed by atoms with Gasteiger partial charge in [-0.15, -0.1) is 11.3 Å². The van der Waals surface area contributed by atoms with Crippen molar-refractivity contribution in [2.24, 2.45) is 5.73 Å². The lowest BCUT2D eigenvalue weighted by atomic mass is 10.2. The molecule has 0 spiro atoms. The number of rotatable bonds is 5. The second kappa shape index (κ2) is 5.91. The second-order valence-electron chi connectivity index (χ2n) is 4.82. The number of benzene rings is 1. The average molecular weight is 307 g/mol. The highest BCUT2D eigenvalue weighted by molar-refractivity contribution is 7.13. The van der Waals surface area contributed by atoms with Crippen LogP contribution in [0.1, 0.15) is 12.8 Å². The highest BCUT2D eigenvalue weighted by atomic mass is 32.1. The number of unbranched alkanes of at least 4 members (excludes halogenated alkanes) is 1. The zero-order valence-electron chi connectivity index (χ0n) is 11.4. The van der Waals surface area contributed by atoms with E-state index in [1.54, 1.807) is 11.3 Å². The first kappa shape index (κ1) is 14.2. The molecule has 0 unspecified atom stereocenters. The van der Waals surface area contributed by atoms with Crippen LogP contribution < -0.4 is 5.73 Å². The van der Waals surface area contributed by atoms with Crippen molar-refractivity contribution in [3.05, 3.63) is 41.3 Å². The van der Waals surface area contributed by atoms with Crippen LogP contribution in [0.4, 0.5) is 8.78 Å². The molecule has 0 atom stereocenters. The minimum absolute atomic E-state index is 0.477. The van der Waals surface area contributed by atoms with E-state index >= 15 is 0 Å². The highest BCUT2D eigenvalue weighted by Gasteiger charge is 2.16. The van der Waals surface area contributed by atoms with Crippen molar-refractivity contribution in [3.63, 3.8) is 0 Å². The maximum atomic E-state index is 13.5. The van der Waals surface area contributed by atoms with Crippen molar-refractivity contribution in [1.29, 1.82) is 0 Å². The normalized spacial score (nSPS) is 11.4. The molecule has 3 aromatic rings. The molecule has 0 radical (unpaired) electrons. The summed E-state index contributed by atoms with van der Waals surface area (Å²) in [7, 11) is 0. The van der Waals surface area contributed by atoms with Crippen LogP contribution in [0.2, 0.25) is 0 Å². The van der Waals surface area contributed by atoms with Crippen LogP contribution in [0.3, 0.4) is 0 Å².